The van der Waals surface area contributed by atoms with Gasteiger partial charge in [0.1, 0.15) is 6.73 Å². The summed E-state index contributed by atoms with van der Waals surface area (Å²) < 4.78 is 7.13. The maximum Gasteiger partial charge on any atom is 0.255 e. The molecule has 0 aliphatic heterocycles. The van der Waals surface area contributed by atoms with Crippen LogP contribution in [0.15, 0.2) is 6.20 Å². The largest absolute Gasteiger partial charge is 0.360 e. The summed E-state index contributed by atoms with van der Waals surface area (Å²) in [6.07, 6.45) is 1.62. The van der Waals surface area contributed by atoms with Gasteiger partial charge in [0, 0.05) is 20.9 Å². The Bertz CT molecular complexity index is 399. The number of halogens is 1. The molecule has 4 nitrogen and oxygen atoms in total. The van der Waals surface area contributed by atoms with E-state index in [2.05, 4.69) is 24.7 Å². The molecule has 0 amide bonds. The van der Waals surface area contributed by atoms with Crippen molar-refractivity contribution >= 4 is 24.9 Å². The third kappa shape index (κ3) is 5.02. The Kier molecular flexibility index (Phi) is 4.91. The smallest absolute Gasteiger partial charge is 0.255 e. The van der Waals surface area contributed by atoms with Crippen molar-refractivity contribution in [1.82, 2.24) is 9.78 Å². The molecular weight excluding hydrogens is 256 g/mol. The Morgan fingerprint density at radius 1 is 1.53 bits per heavy atom. The molecule has 0 aromatic carbocycles. The van der Waals surface area contributed by atoms with Gasteiger partial charge >= 0.3 is 0 Å². The lowest BCUT2D eigenvalue weighted by atomic mass is 10.3. The molecule has 1 rings (SSSR count). The van der Waals surface area contributed by atoms with Crippen molar-refractivity contribution in [2.45, 2.75) is 39.3 Å². The van der Waals surface area contributed by atoms with Crippen molar-refractivity contribution in [3.8, 4) is 0 Å². The normalized spacial score (nSPS) is 11.8. The zero-order chi connectivity index (χ0) is 13.1. The van der Waals surface area contributed by atoms with Gasteiger partial charge in [0.25, 0.3) is 5.24 Å². The van der Waals surface area contributed by atoms with Crippen molar-refractivity contribution in [2.24, 2.45) is 0 Å². The van der Waals surface area contributed by atoms with Crippen LogP contribution < -0.4 is 0 Å². The van der Waals surface area contributed by atoms with Crippen molar-refractivity contribution in [3.63, 3.8) is 0 Å². The minimum atomic E-state index is -1.05. The van der Waals surface area contributed by atoms with Gasteiger partial charge in [-0.2, -0.15) is 5.10 Å². The molecule has 0 aliphatic rings. The Hall–Kier alpha value is -0.653. The second kappa shape index (κ2) is 5.80. The fourth-order valence-electron chi connectivity index (χ4n) is 1.31. The van der Waals surface area contributed by atoms with Gasteiger partial charge in [-0.3, -0.25) is 4.79 Å². The lowest BCUT2D eigenvalue weighted by molar-refractivity contribution is 0.0783. The molecule has 0 spiro atoms. The van der Waals surface area contributed by atoms with E-state index in [1.165, 1.54) is 0 Å². The van der Waals surface area contributed by atoms with Crippen LogP contribution >= 0.6 is 11.6 Å². The van der Waals surface area contributed by atoms with Gasteiger partial charge < -0.3 is 4.74 Å². The van der Waals surface area contributed by atoms with E-state index in [-0.39, 0.29) is 0 Å². The number of carbonyl (C=O) groups is 1. The number of aromatic nitrogens is 2. The molecule has 0 radical (unpaired) electrons. The van der Waals surface area contributed by atoms with E-state index in [4.69, 9.17) is 16.3 Å². The lowest BCUT2D eigenvalue weighted by Crippen LogP contribution is -2.22. The molecule has 17 heavy (non-hydrogen) atoms. The van der Waals surface area contributed by atoms with Crippen molar-refractivity contribution in [3.05, 3.63) is 17.5 Å². The maximum atomic E-state index is 11.0. The molecule has 96 valence electrons. The molecule has 1 aromatic heterocycles. The Labute approximate surface area is 108 Å². The molecule has 0 saturated carbocycles. The molecule has 0 atom stereocenters. The highest BCUT2D eigenvalue weighted by Crippen LogP contribution is 2.10. The standard InChI is InChI=1S/C11H19ClN2O2Si/c1-9-10(11(12)15)7-14(13-9)8-16-5-6-17(2,3)4/h7H,5-6,8H2,1-4H3. The minimum Gasteiger partial charge on any atom is -0.360 e. The van der Waals surface area contributed by atoms with Crippen LogP contribution in [0.5, 0.6) is 0 Å². The van der Waals surface area contributed by atoms with Crippen molar-refractivity contribution in [1.29, 1.82) is 0 Å². The highest BCUT2D eigenvalue weighted by atomic mass is 35.5. The molecule has 1 aromatic rings. The van der Waals surface area contributed by atoms with Crippen molar-refractivity contribution < 1.29 is 9.53 Å². The Morgan fingerprint density at radius 2 is 2.18 bits per heavy atom. The molecule has 0 fully saturated rings. The van der Waals surface area contributed by atoms with Crippen LogP contribution in [0.1, 0.15) is 16.1 Å². The van der Waals surface area contributed by atoms with E-state index in [9.17, 15) is 4.79 Å². The van der Waals surface area contributed by atoms with Gasteiger partial charge in [0.2, 0.25) is 0 Å². The quantitative estimate of drug-likeness (QED) is 0.455. The first-order valence-corrected chi connectivity index (χ1v) is 9.70. The number of rotatable bonds is 6. The van der Waals surface area contributed by atoms with Gasteiger partial charge in [0.15, 0.2) is 0 Å². The first-order valence-electron chi connectivity index (χ1n) is 5.61. The minimum absolute atomic E-state index is 0.371. The molecule has 0 saturated heterocycles. The van der Waals surface area contributed by atoms with Crippen LogP contribution in [-0.2, 0) is 11.5 Å². The molecule has 6 heteroatoms. The van der Waals surface area contributed by atoms with E-state index >= 15 is 0 Å². The molecule has 1 heterocycles. The van der Waals surface area contributed by atoms with Gasteiger partial charge in [-0.15, -0.1) is 0 Å². The molecule has 0 bridgehead atoms. The maximum absolute atomic E-state index is 11.0. The SMILES string of the molecule is Cc1nn(COCC[Si](C)(C)C)cc1C(=O)Cl. The fourth-order valence-corrected chi connectivity index (χ4v) is 2.26. The van der Waals surface area contributed by atoms with Gasteiger partial charge in [-0.1, -0.05) is 19.6 Å². The average Bonchev–Trinajstić information content (AvgIpc) is 2.53. The molecular formula is C11H19ClN2O2Si. The second-order valence-electron chi connectivity index (χ2n) is 5.29. The number of hydrogen-bond acceptors (Lipinski definition) is 3. The Balaban J connectivity index is 2.43. The first-order chi connectivity index (χ1) is 7.79. The summed E-state index contributed by atoms with van der Waals surface area (Å²) in [4.78, 5) is 11.0. The number of aryl methyl sites for hydroxylation is 1. The highest BCUT2D eigenvalue weighted by Gasteiger charge is 2.13. The van der Waals surface area contributed by atoms with Crippen molar-refractivity contribution in [2.75, 3.05) is 6.61 Å². The third-order valence-corrected chi connectivity index (χ3v) is 4.29. The average molecular weight is 275 g/mol. The van der Waals surface area contributed by atoms with Gasteiger partial charge in [0.05, 0.1) is 11.3 Å². The number of ether oxygens (including phenoxy) is 1. The summed E-state index contributed by atoms with van der Waals surface area (Å²) in [5, 5.41) is 3.69. The number of carbonyl (C=O) groups excluding carboxylic acids is 1. The monoisotopic (exact) mass is 274 g/mol. The molecule has 0 N–H and O–H groups in total. The molecule has 0 unspecified atom stereocenters. The third-order valence-electron chi connectivity index (χ3n) is 2.38. The lowest BCUT2D eigenvalue weighted by Gasteiger charge is -2.15. The van der Waals surface area contributed by atoms with Crippen LogP contribution in [0, 0.1) is 6.92 Å². The predicted molar refractivity (Wildman–Crippen MR) is 71.3 cm³/mol. The second-order valence-corrected chi connectivity index (χ2v) is 11.3. The van der Waals surface area contributed by atoms with E-state index in [0.717, 1.165) is 12.7 Å². The summed E-state index contributed by atoms with van der Waals surface area (Å²) in [6.45, 7) is 9.78. The summed E-state index contributed by atoms with van der Waals surface area (Å²) in [5.41, 5.74) is 1.08. The van der Waals surface area contributed by atoms with Crippen LogP contribution in [0.25, 0.3) is 0 Å². The summed E-state index contributed by atoms with van der Waals surface area (Å²) in [7, 11) is -1.05. The fraction of sp³-hybridized carbons (Fsp3) is 0.636. The first kappa shape index (κ1) is 14.4. The summed E-state index contributed by atoms with van der Waals surface area (Å²) in [5.74, 6) is 0. The number of nitrogens with zero attached hydrogens (tertiary/aromatic N) is 2. The summed E-state index contributed by atoms with van der Waals surface area (Å²) in [6, 6.07) is 1.12. The van der Waals surface area contributed by atoms with Crippen LogP contribution in [0.3, 0.4) is 0 Å². The van der Waals surface area contributed by atoms with Gasteiger partial charge in [-0.25, -0.2) is 4.68 Å². The zero-order valence-electron chi connectivity index (χ0n) is 10.8. The van der Waals surface area contributed by atoms with E-state index in [1.807, 2.05) is 0 Å². The van der Waals surface area contributed by atoms with E-state index < -0.39 is 13.3 Å². The topological polar surface area (TPSA) is 44.1 Å². The van der Waals surface area contributed by atoms with E-state index in [1.54, 1.807) is 17.8 Å². The molecule has 0 aliphatic carbocycles. The zero-order valence-corrected chi connectivity index (χ0v) is 12.5. The van der Waals surface area contributed by atoms with Crippen LogP contribution in [-0.4, -0.2) is 29.7 Å². The van der Waals surface area contributed by atoms with E-state index in [0.29, 0.717) is 18.0 Å². The Morgan fingerprint density at radius 3 is 2.65 bits per heavy atom. The number of hydrogen-bond donors (Lipinski definition) is 0. The van der Waals surface area contributed by atoms with Gasteiger partial charge in [-0.05, 0) is 24.6 Å². The van der Waals surface area contributed by atoms with Crippen LogP contribution in [0.2, 0.25) is 25.7 Å². The van der Waals surface area contributed by atoms with Crippen LogP contribution in [0.4, 0.5) is 0 Å². The highest BCUT2D eigenvalue weighted by molar-refractivity contribution is 6.76. The summed E-state index contributed by atoms with van der Waals surface area (Å²) >= 11 is 5.42. The predicted octanol–water partition coefficient (Wildman–Crippen LogP) is 2.88.